The Hall–Kier alpha value is -1.46. The molecule has 0 atom stereocenters. The quantitative estimate of drug-likeness (QED) is 0.927. The molecule has 1 N–H and O–H groups in total. The monoisotopic (exact) mass is 314 g/mol. The molecular formula is C13H9BrF2O2. The SMILES string of the molecule is OCc1ccc(Oc2cc(F)cc(F)c2)cc1Br. The molecule has 0 radical (unpaired) electrons. The van der Waals surface area contributed by atoms with Crippen LogP contribution in [-0.2, 0) is 6.61 Å². The maximum Gasteiger partial charge on any atom is 0.133 e. The van der Waals surface area contributed by atoms with Crippen LogP contribution in [0.1, 0.15) is 5.56 Å². The lowest BCUT2D eigenvalue weighted by Crippen LogP contribution is -1.90. The molecule has 2 nitrogen and oxygen atoms in total. The Bertz CT molecular complexity index is 553. The molecule has 5 heteroatoms. The van der Waals surface area contributed by atoms with Gasteiger partial charge in [-0.15, -0.1) is 0 Å². The molecule has 0 heterocycles. The summed E-state index contributed by atoms with van der Waals surface area (Å²) in [5, 5.41) is 9.00. The molecule has 0 aliphatic heterocycles. The van der Waals surface area contributed by atoms with Crippen LogP contribution in [-0.4, -0.2) is 5.11 Å². The van der Waals surface area contributed by atoms with Crippen LogP contribution >= 0.6 is 15.9 Å². The van der Waals surface area contributed by atoms with Crippen LogP contribution in [0.5, 0.6) is 11.5 Å². The summed E-state index contributed by atoms with van der Waals surface area (Å²) in [6.07, 6.45) is 0. The number of aliphatic hydroxyl groups excluding tert-OH is 1. The van der Waals surface area contributed by atoms with E-state index in [1.165, 1.54) is 0 Å². The van der Waals surface area contributed by atoms with Crippen molar-refractivity contribution in [3.05, 3.63) is 58.1 Å². The number of aliphatic hydroxyl groups is 1. The summed E-state index contributed by atoms with van der Waals surface area (Å²) in [5.41, 5.74) is 0.702. The molecule has 0 spiro atoms. The van der Waals surface area contributed by atoms with Crippen molar-refractivity contribution in [3.63, 3.8) is 0 Å². The van der Waals surface area contributed by atoms with E-state index in [0.29, 0.717) is 15.8 Å². The first-order chi connectivity index (χ1) is 8.58. The zero-order valence-corrected chi connectivity index (χ0v) is 10.7. The molecule has 94 valence electrons. The molecule has 0 fully saturated rings. The van der Waals surface area contributed by atoms with Crippen LogP contribution in [0, 0.1) is 11.6 Å². The summed E-state index contributed by atoms with van der Waals surface area (Å²) >= 11 is 3.26. The molecule has 0 aliphatic rings. The Morgan fingerprint density at radius 1 is 1.00 bits per heavy atom. The fourth-order valence-corrected chi connectivity index (χ4v) is 1.93. The van der Waals surface area contributed by atoms with Crippen molar-refractivity contribution in [3.8, 4) is 11.5 Å². The number of ether oxygens (including phenoxy) is 1. The Morgan fingerprint density at radius 3 is 2.22 bits per heavy atom. The van der Waals surface area contributed by atoms with Crippen LogP contribution in [0.4, 0.5) is 8.78 Å². The highest BCUT2D eigenvalue weighted by Crippen LogP contribution is 2.28. The third kappa shape index (κ3) is 3.05. The topological polar surface area (TPSA) is 29.5 Å². The number of benzene rings is 2. The highest BCUT2D eigenvalue weighted by atomic mass is 79.9. The van der Waals surface area contributed by atoms with Crippen LogP contribution in [0.2, 0.25) is 0 Å². The van der Waals surface area contributed by atoms with Crippen molar-refractivity contribution in [2.24, 2.45) is 0 Å². The fourth-order valence-electron chi connectivity index (χ4n) is 1.44. The van der Waals surface area contributed by atoms with Gasteiger partial charge in [-0.25, -0.2) is 8.78 Å². The van der Waals surface area contributed by atoms with Gasteiger partial charge in [0, 0.05) is 22.7 Å². The molecule has 2 rings (SSSR count). The normalized spacial score (nSPS) is 10.4. The second-order valence-electron chi connectivity index (χ2n) is 3.62. The molecule has 0 aromatic heterocycles. The van der Waals surface area contributed by atoms with Crippen LogP contribution < -0.4 is 4.74 Å². The average Bonchev–Trinajstić information content (AvgIpc) is 2.27. The maximum absolute atomic E-state index is 13.0. The summed E-state index contributed by atoms with van der Waals surface area (Å²) in [6.45, 7) is -0.102. The highest BCUT2D eigenvalue weighted by molar-refractivity contribution is 9.10. The maximum atomic E-state index is 13.0. The summed E-state index contributed by atoms with van der Waals surface area (Å²) in [6, 6.07) is 7.86. The van der Waals surface area contributed by atoms with Gasteiger partial charge in [0.2, 0.25) is 0 Å². The highest BCUT2D eigenvalue weighted by Gasteiger charge is 2.05. The average molecular weight is 315 g/mol. The molecule has 2 aromatic rings. The van der Waals surface area contributed by atoms with Gasteiger partial charge >= 0.3 is 0 Å². The number of hydrogen-bond acceptors (Lipinski definition) is 2. The molecule has 0 unspecified atom stereocenters. The van der Waals surface area contributed by atoms with Gasteiger partial charge in [-0.05, 0) is 17.7 Å². The Morgan fingerprint density at radius 2 is 1.67 bits per heavy atom. The van der Waals surface area contributed by atoms with Crippen LogP contribution in [0.25, 0.3) is 0 Å². The summed E-state index contributed by atoms with van der Waals surface area (Å²) in [4.78, 5) is 0. The van der Waals surface area contributed by atoms with E-state index >= 15 is 0 Å². The smallest absolute Gasteiger partial charge is 0.133 e. The number of hydrogen-bond donors (Lipinski definition) is 1. The Labute approximate surface area is 111 Å². The van der Waals surface area contributed by atoms with Crippen molar-refractivity contribution in [1.82, 2.24) is 0 Å². The van der Waals surface area contributed by atoms with Crippen molar-refractivity contribution in [1.29, 1.82) is 0 Å². The lowest BCUT2D eigenvalue weighted by molar-refractivity contribution is 0.281. The zero-order chi connectivity index (χ0) is 13.1. The minimum Gasteiger partial charge on any atom is -0.457 e. The summed E-state index contributed by atoms with van der Waals surface area (Å²) in [7, 11) is 0. The van der Waals surface area contributed by atoms with E-state index in [-0.39, 0.29) is 12.4 Å². The lowest BCUT2D eigenvalue weighted by Gasteiger charge is -2.08. The number of halogens is 3. The molecule has 0 saturated carbocycles. The minimum absolute atomic E-state index is 0.0798. The van der Waals surface area contributed by atoms with Gasteiger partial charge in [0.05, 0.1) is 6.61 Å². The molecule has 0 aliphatic carbocycles. The van der Waals surface area contributed by atoms with Crippen molar-refractivity contribution < 1.29 is 18.6 Å². The first-order valence-corrected chi connectivity index (χ1v) is 5.91. The van der Waals surface area contributed by atoms with Gasteiger partial charge in [-0.3, -0.25) is 0 Å². The third-order valence-corrected chi connectivity index (χ3v) is 3.00. The predicted octanol–water partition coefficient (Wildman–Crippen LogP) is 4.01. The standard InChI is InChI=1S/C13H9BrF2O2/c14-13-6-11(2-1-8(13)7-17)18-12-4-9(15)3-10(16)5-12/h1-6,17H,7H2. The second kappa shape index (κ2) is 5.46. The first kappa shape index (κ1) is 13.0. The Kier molecular flexibility index (Phi) is 3.93. The van der Waals surface area contributed by atoms with Crippen molar-refractivity contribution in [2.45, 2.75) is 6.61 Å². The van der Waals surface area contributed by atoms with E-state index < -0.39 is 11.6 Å². The van der Waals surface area contributed by atoms with Crippen molar-refractivity contribution >= 4 is 15.9 Å². The van der Waals surface area contributed by atoms with Gasteiger partial charge in [0.25, 0.3) is 0 Å². The Balaban J connectivity index is 2.25. The molecule has 0 bridgehead atoms. The van der Waals surface area contributed by atoms with E-state index in [0.717, 1.165) is 18.2 Å². The van der Waals surface area contributed by atoms with Crippen LogP contribution in [0.3, 0.4) is 0 Å². The van der Waals surface area contributed by atoms with E-state index in [1.807, 2.05) is 0 Å². The lowest BCUT2D eigenvalue weighted by atomic mass is 10.2. The second-order valence-corrected chi connectivity index (χ2v) is 4.47. The fraction of sp³-hybridized carbons (Fsp3) is 0.0769. The van der Waals surface area contributed by atoms with E-state index in [1.54, 1.807) is 18.2 Å². The summed E-state index contributed by atoms with van der Waals surface area (Å²) < 4.78 is 31.9. The summed E-state index contributed by atoms with van der Waals surface area (Å²) in [5.74, 6) is -0.896. The van der Waals surface area contributed by atoms with Crippen LogP contribution in [0.15, 0.2) is 40.9 Å². The van der Waals surface area contributed by atoms with E-state index in [2.05, 4.69) is 15.9 Å². The van der Waals surface area contributed by atoms with Gasteiger partial charge in [-0.2, -0.15) is 0 Å². The molecule has 0 saturated heterocycles. The van der Waals surface area contributed by atoms with Gasteiger partial charge < -0.3 is 9.84 Å². The molecule has 2 aromatic carbocycles. The van der Waals surface area contributed by atoms with Gasteiger partial charge in [0.1, 0.15) is 23.1 Å². The third-order valence-electron chi connectivity index (χ3n) is 2.27. The minimum atomic E-state index is -0.698. The van der Waals surface area contributed by atoms with Crippen molar-refractivity contribution in [2.75, 3.05) is 0 Å². The van der Waals surface area contributed by atoms with Gasteiger partial charge in [0.15, 0.2) is 0 Å². The molecule has 0 amide bonds. The molecule has 18 heavy (non-hydrogen) atoms. The molecular weight excluding hydrogens is 306 g/mol. The largest absolute Gasteiger partial charge is 0.457 e. The van der Waals surface area contributed by atoms with E-state index in [4.69, 9.17) is 9.84 Å². The first-order valence-electron chi connectivity index (χ1n) is 5.12. The predicted molar refractivity (Wildman–Crippen MR) is 66.5 cm³/mol. The zero-order valence-electron chi connectivity index (χ0n) is 9.16. The van der Waals surface area contributed by atoms with E-state index in [9.17, 15) is 8.78 Å². The van der Waals surface area contributed by atoms with Gasteiger partial charge in [-0.1, -0.05) is 22.0 Å². The number of rotatable bonds is 3.